The van der Waals surface area contributed by atoms with Crippen molar-refractivity contribution >= 4 is 0 Å². The summed E-state index contributed by atoms with van der Waals surface area (Å²) in [7, 11) is 0. The van der Waals surface area contributed by atoms with Gasteiger partial charge in [0.05, 0.1) is 6.61 Å². The molecule has 0 amide bonds. The van der Waals surface area contributed by atoms with Crippen LogP contribution in [-0.4, -0.2) is 6.61 Å². The van der Waals surface area contributed by atoms with Crippen LogP contribution in [0.2, 0.25) is 0 Å². The Morgan fingerprint density at radius 1 is 1.12 bits per heavy atom. The Labute approximate surface area is 98.8 Å². The van der Waals surface area contributed by atoms with Gasteiger partial charge in [0.1, 0.15) is 5.75 Å². The molecule has 16 heavy (non-hydrogen) atoms. The largest absolute Gasteiger partial charge is 0.494 e. The molecule has 0 aliphatic carbocycles. The molecule has 1 aromatic carbocycles. The van der Waals surface area contributed by atoms with Crippen LogP contribution in [0.15, 0.2) is 24.3 Å². The molecule has 2 heteroatoms. The van der Waals surface area contributed by atoms with Gasteiger partial charge in [-0.15, -0.1) is 0 Å². The van der Waals surface area contributed by atoms with Gasteiger partial charge in [0.2, 0.25) is 0 Å². The first-order valence-corrected chi connectivity index (χ1v) is 6.08. The summed E-state index contributed by atoms with van der Waals surface area (Å²) >= 11 is 0. The minimum atomic E-state index is 0.0926. The van der Waals surface area contributed by atoms with Gasteiger partial charge in [0.15, 0.2) is 0 Å². The van der Waals surface area contributed by atoms with Crippen molar-refractivity contribution < 1.29 is 4.74 Å². The highest BCUT2D eigenvalue weighted by molar-refractivity contribution is 5.28. The second-order valence-electron chi connectivity index (χ2n) is 4.74. The average molecular weight is 221 g/mol. The Bertz CT molecular complexity index is 290. The van der Waals surface area contributed by atoms with E-state index in [9.17, 15) is 0 Å². The van der Waals surface area contributed by atoms with Crippen molar-refractivity contribution in [1.29, 1.82) is 0 Å². The summed E-state index contributed by atoms with van der Waals surface area (Å²) in [6.07, 6.45) is 2.34. The van der Waals surface area contributed by atoms with E-state index in [1.54, 1.807) is 0 Å². The van der Waals surface area contributed by atoms with Crippen LogP contribution in [0.1, 0.15) is 45.2 Å². The van der Waals surface area contributed by atoms with E-state index in [0.29, 0.717) is 0 Å². The minimum Gasteiger partial charge on any atom is -0.494 e. The summed E-state index contributed by atoms with van der Waals surface area (Å²) in [5.41, 5.74) is 6.93. The third kappa shape index (κ3) is 4.67. The molecule has 2 nitrogen and oxygen atoms in total. The molecule has 0 saturated heterocycles. The van der Waals surface area contributed by atoms with E-state index < -0.39 is 0 Å². The molecule has 0 aromatic heterocycles. The van der Waals surface area contributed by atoms with E-state index in [1.165, 1.54) is 6.42 Å². The molecule has 0 aliphatic heterocycles. The molecule has 0 heterocycles. The molecule has 0 spiro atoms. The Balaban J connectivity index is 2.32. The van der Waals surface area contributed by atoms with Crippen molar-refractivity contribution in [1.82, 2.24) is 0 Å². The Morgan fingerprint density at radius 3 is 2.25 bits per heavy atom. The fourth-order valence-electron chi connectivity index (χ4n) is 1.55. The van der Waals surface area contributed by atoms with Gasteiger partial charge in [-0.05, 0) is 43.4 Å². The number of hydrogen-bond donors (Lipinski definition) is 1. The van der Waals surface area contributed by atoms with E-state index in [0.717, 1.165) is 30.3 Å². The lowest BCUT2D eigenvalue weighted by molar-refractivity contribution is 0.297. The second-order valence-corrected chi connectivity index (χ2v) is 4.74. The fraction of sp³-hybridized carbons (Fsp3) is 0.571. The highest BCUT2D eigenvalue weighted by Gasteiger charge is 2.00. The SMILES string of the molecule is CC(C)CCCOc1ccc(C(C)N)cc1. The van der Waals surface area contributed by atoms with Gasteiger partial charge in [0.25, 0.3) is 0 Å². The van der Waals surface area contributed by atoms with E-state index >= 15 is 0 Å². The summed E-state index contributed by atoms with van der Waals surface area (Å²) < 4.78 is 5.65. The first kappa shape index (κ1) is 13.0. The van der Waals surface area contributed by atoms with Crippen LogP contribution >= 0.6 is 0 Å². The fourth-order valence-corrected chi connectivity index (χ4v) is 1.55. The van der Waals surface area contributed by atoms with E-state index in [1.807, 2.05) is 31.2 Å². The molecule has 1 rings (SSSR count). The number of rotatable bonds is 6. The zero-order chi connectivity index (χ0) is 12.0. The van der Waals surface area contributed by atoms with Crippen molar-refractivity contribution in [2.75, 3.05) is 6.61 Å². The van der Waals surface area contributed by atoms with Gasteiger partial charge >= 0.3 is 0 Å². The third-order valence-electron chi connectivity index (χ3n) is 2.60. The quantitative estimate of drug-likeness (QED) is 0.746. The van der Waals surface area contributed by atoms with E-state index in [4.69, 9.17) is 10.5 Å². The van der Waals surface area contributed by atoms with E-state index in [-0.39, 0.29) is 6.04 Å². The van der Waals surface area contributed by atoms with Crippen LogP contribution in [0.5, 0.6) is 5.75 Å². The Morgan fingerprint density at radius 2 is 1.75 bits per heavy atom. The van der Waals surface area contributed by atoms with Crippen molar-refractivity contribution in [3.8, 4) is 5.75 Å². The molecular weight excluding hydrogens is 198 g/mol. The first-order chi connectivity index (χ1) is 7.59. The molecule has 0 fully saturated rings. The second kappa shape index (κ2) is 6.54. The van der Waals surface area contributed by atoms with Crippen LogP contribution < -0.4 is 10.5 Å². The standard InChI is InChI=1S/C14H23NO/c1-11(2)5-4-10-16-14-8-6-13(7-9-14)12(3)15/h6-9,11-12H,4-5,10,15H2,1-3H3. The summed E-state index contributed by atoms with van der Waals surface area (Å²) in [4.78, 5) is 0. The van der Waals surface area contributed by atoms with Crippen LogP contribution in [0.3, 0.4) is 0 Å². The molecule has 0 saturated carbocycles. The lowest BCUT2D eigenvalue weighted by atomic mass is 10.1. The molecule has 0 radical (unpaired) electrons. The molecule has 0 bridgehead atoms. The van der Waals surface area contributed by atoms with Crippen LogP contribution in [0.4, 0.5) is 0 Å². The maximum absolute atomic E-state index is 5.78. The monoisotopic (exact) mass is 221 g/mol. The number of nitrogens with two attached hydrogens (primary N) is 1. The smallest absolute Gasteiger partial charge is 0.119 e. The summed E-state index contributed by atoms with van der Waals surface area (Å²) in [6.45, 7) is 7.25. The zero-order valence-corrected chi connectivity index (χ0v) is 10.6. The molecule has 1 unspecified atom stereocenters. The molecule has 2 N–H and O–H groups in total. The number of hydrogen-bond acceptors (Lipinski definition) is 2. The van der Waals surface area contributed by atoms with Crippen molar-refractivity contribution in [3.05, 3.63) is 29.8 Å². The highest BCUT2D eigenvalue weighted by atomic mass is 16.5. The van der Waals surface area contributed by atoms with Crippen LogP contribution in [0.25, 0.3) is 0 Å². The lowest BCUT2D eigenvalue weighted by Gasteiger charge is -2.09. The summed E-state index contributed by atoms with van der Waals surface area (Å²) in [5.74, 6) is 1.69. The predicted molar refractivity (Wildman–Crippen MR) is 68.6 cm³/mol. The molecule has 1 atom stereocenters. The van der Waals surface area contributed by atoms with Crippen molar-refractivity contribution in [2.24, 2.45) is 11.7 Å². The summed E-state index contributed by atoms with van der Waals surface area (Å²) in [6, 6.07) is 8.14. The maximum Gasteiger partial charge on any atom is 0.119 e. The van der Waals surface area contributed by atoms with Gasteiger partial charge < -0.3 is 10.5 Å². The first-order valence-electron chi connectivity index (χ1n) is 6.08. The minimum absolute atomic E-state index is 0.0926. The van der Waals surface area contributed by atoms with Gasteiger partial charge in [-0.3, -0.25) is 0 Å². The molecule has 0 aliphatic rings. The average Bonchev–Trinajstić information content (AvgIpc) is 2.25. The molecular formula is C14H23NO. The number of ether oxygens (including phenoxy) is 1. The van der Waals surface area contributed by atoms with Gasteiger partial charge in [0, 0.05) is 6.04 Å². The normalized spacial score (nSPS) is 12.8. The summed E-state index contributed by atoms with van der Waals surface area (Å²) in [5, 5.41) is 0. The van der Waals surface area contributed by atoms with Crippen LogP contribution in [-0.2, 0) is 0 Å². The molecule has 1 aromatic rings. The van der Waals surface area contributed by atoms with Gasteiger partial charge in [-0.1, -0.05) is 26.0 Å². The number of benzene rings is 1. The molecule has 90 valence electrons. The van der Waals surface area contributed by atoms with Crippen molar-refractivity contribution in [2.45, 2.75) is 39.7 Å². The predicted octanol–water partition coefficient (Wildman–Crippen LogP) is 3.52. The van der Waals surface area contributed by atoms with Gasteiger partial charge in [-0.2, -0.15) is 0 Å². The zero-order valence-electron chi connectivity index (χ0n) is 10.6. The van der Waals surface area contributed by atoms with E-state index in [2.05, 4.69) is 13.8 Å². The highest BCUT2D eigenvalue weighted by Crippen LogP contribution is 2.16. The van der Waals surface area contributed by atoms with Gasteiger partial charge in [-0.25, -0.2) is 0 Å². The Kier molecular flexibility index (Phi) is 5.33. The topological polar surface area (TPSA) is 35.2 Å². The third-order valence-corrected chi connectivity index (χ3v) is 2.60. The van der Waals surface area contributed by atoms with Crippen LogP contribution in [0, 0.1) is 5.92 Å². The lowest BCUT2D eigenvalue weighted by Crippen LogP contribution is -2.05. The maximum atomic E-state index is 5.78. The Hall–Kier alpha value is -1.02. The van der Waals surface area contributed by atoms with Crippen molar-refractivity contribution in [3.63, 3.8) is 0 Å².